The van der Waals surface area contributed by atoms with Crippen LogP contribution in [0.25, 0.3) is 0 Å². The van der Waals surface area contributed by atoms with Crippen molar-refractivity contribution in [3.63, 3.8) is 0 Å². The molecule has 2 amide bonds. The normalized spacial score (nSPS) is 20.8. The van der Waals surface area contributed by atoms with Crippen molar-refractivity contribution in [2.24, 2.45) is 0 Å². The first-order chi connectivity index (χ1) is 12.9. The summed E-state index contributed by atoms with van der Waals surface area (Å²) in [6.45, 7) is 9.93. The summed E-state index contributed by atoms with van der Waals surface area (Å²) in [7, 11) is 2.15. The van der Waals surface area contributed by atoms with Crippen LogP contribution in [0.3, 0.4) is 0 Å². The molecule has 3 rings (SSSR count). The Morgan fingerprint density at radius 2 is 1.70 bits per heavy atom. The molecule has 27 heavy (non-hydrogen) atoms. The van der Waals surface area contributed by atoms with Crippen LogP contribution in [0.1, 0.15) is 25.3 Å². The summed E-state index contributed by atoms with van der Waals surface area (Å²) in [5.41, 5.74) is 2.09. The molecule has 1 atom stereocenters. The van der Waals surface area contributed by atoms with Crippen LogP contribution in [-0.4, -0.2) is 85.4 Å². The number of likely N-dealkylation sites (N-methyl/N-ethyl adjacent to an activating group) is 1. The molecule has 0 radical (unpaired) electrons. The van der Waals surface area contributed by atoms with E-state index in [1.165, 1.54) is 5.56 Å². The van der Waals surface area contributed by atoms with Crippen LogP contribution in [0.15, 0.2) is 24.3 Å². The molecule has 2 heterocycles. The van der Waals surface area contributed by atoms with Gasteiger partial charge in [0.1, 0.15) is 6.54 Å². The second kappa shape index (κ2) is 8.85. The Balaban J connectivity index is 1.46. The average molecular weight is 373 g/mol. The number of piperazine rings is 2. The molecular formula is C21H32N4O2. The Bertz CT molecular complexity index is 653. The smallest absolute Gasteiger partial charge is 0.246 e. The van der Waals surface area contributed by atoms with Gasteiger partial charge in [-0.15, -0.1) is 0 Å². The Morgan fingerprint density at radius 1 is 1.04 bits per heavy atom. The van der Waals surface area contributed by atoms with Gasteiger partial charge in [0.2, 0.25) is 11.8 Å². The summed E-state index contributed by atoms with van der Waals surface area (Å²) in [5, 5.41) is 0. The van der Waals surface area contributed by atoms with Gasteiger partial charge < -0.3 is 14.7 Å². The van der Waals surface area contributed by atoms with E-state index in [1.54, 1.807) is 9.80 Å². The Morgan fingerprint density at radius 3 is 2.33 bits per heavy atom. The predicted octanol–water partition coefficient (Wildman–Crippen LogP) is 1.59. The third kappa shape index (κ3) is 5.08. The first-order valence-corrected chi connectivity index (χ1v) is 10.0. The molecule has 2 aliphatic heterocycles. The summed E-state index contributed by atoms with van der Waals surface area (Å²) in [6.07, 6.45) is 1.38. The zero-order valence-corrected chi connectivity index (χ0v) is 16.9. The largest absolute Gasteiger partial charge is 0.332 e. The Kier molecular flexibility index (Phi) is 6.50. The fourth-order valence-corrected chi connectivity index (χ4v) is 3.82. The van der Waals surface area contributed by atoms with Crippen molar-refractivity contribution in [1.82, 2.24) is 14.7 Å². The molecule has 0 aromatic heterocycles. The van der Waals surface area contributed by atoms with Crippen LogP contribution in [0.4, 0.5) is 5.69 Å². The van der Waals surface area contributed by atoms with Gasteiger partial charge in [-0.3, -0.25) is 14.5 Å². The van der Waals surface area contributed by atoms with Crippen LogP contribution in [0, 0.1) is 6.92 Å². The minimum absolute atomic E-state index is 0.00516. The van der Waals surface area contributed by atoms with Gasteiger partial charge in [-0.05, 0) is 39.4 Å². The van der Waals surface area contributed by atoms with E-state index in [4.69, 9.17) is 0 Å². The summed E-state index contributed by atoms with van der Waals surface area (Å²) in [5.74, 6) is 0.110. The maximum absolute atomic E-state index is 12.6. The molecule has 148 valence electrons. The Labute approximate surface area is 162 Å². The zero-order valence-electron chi connectivity index (χ0n) is 16.9. The molecule has 0 aliphatic carbocycles. The third-order valence-electron chi connectivity index (χ3n) is 5.86. The van der Waals surface area contributed by atoms with Crippen molar-refractivity contribution in [3.8, 4) is 0 Å². The lowest BCUT2D eigenvalue weighted by atomic mass is 10.1. The number of aryl methyl sites for hydroxylation is 1. The predicted molar refractivity (Wildman–Crippen MR) is 108 cm³/mol. The fourth-order valence-electron chi connectivity index (χ4n) is 3.82. The van der Waals surface area contributed by atoms with Gasteiger partial charge in [0.15, 0.2) is 0 Å². The number of carbonyl (C=O) groups is 2. The molecule has 0 N–H and O–H groups in total. The lowest BCUT2D eigenvalue weighted by molar-refractivity contribution is -0.137. The zero-order chi connectivity index (χ0) is 19.4. The summed E-state index contributed by atoms with van der Waals surface area (Å²) >= 11 is 0. The molecular weight excluding hydrogens is 340 g/mol. The van der Waals surface area contributed by atoms with Crippen LogP contribution in [0.5, 0.6) is 0 Å². The van der Waals surface area contributed by atoms with E-state index < -0.39 is 0 Å². The van der Waals surface area contributed by atoms with E-state index in [1.807, 2.05) is 31.2 Å². The molecule has 1 aromatic carbocycles. The summed E-state index contributed by atoms with van der Waals surface area (Å²) in [4.78, 5) is 33.4. The number of anilines is 1. The number of hydrogen-bond acceptors (Lipinski definition) is 4. The van der Waals surface area contributed by atoms with E-state index in [9.17, 15) is 9.59 Å². The number of amides is 2. The molecule has 2 saturated heterocycles. The molecule has 1 unspecified atom stereocenters. The van der Waals surface area contributed by atoms with Crippen LogP contribution < -0.4 is 4.90 Å². The summed E-state index contributed by atoms with van der Waals surface area (Å²) in [6, 6.07) is 8.39. The molecule has 6 nitrogen and oxygen atoms in total. The van der Waals surface area contributed by atoms with Crippen LogP contribution >= 0.6 is 0 Å². The molecule has 0 bridgehead atoms. The molecule has 0 saturated carbocycles. The minimum atomic E-state index is 0.00516. The quantitative estimate of drug-likeness (QED) is 0.788. The highest BCUT2D eigenvalue weighted by Gasteiger charge is 2.28. The van der Waals surface area contributed by atoms with Crippen molar-refractivity contribution in [1.29, 1.82) is 0 Å². The molecule has 2 fully saturated rings. The van der Waals surface area contributed by atoms with Crippen molar-refractivity contribution < 1.29 is 9.59 Å². The monoisotopic (exact) mass is 372 g/mol. The maximum Gasteiger partial charge on any atom is 0.246 e. The van der Waals surface area contributed by atoms with Crippen LogP contribution in [0.2, 0.25) is 0 Å². The Hall–Kier alpha value is -1.92. The number of benzene rings is 1. The number of hydrogen-bond donors (Lipinski definition) is 0. The van der Waals surface area contributed by atoms with E-state index in [0.717, 1.165) is 38.3 Å². The van der Waals surface area contributed by atoms with Crippen LogP contribution in [-0.2, 0) is 9.59 Å². The van der Waals surface area contributed by atoms with E-state index in [0.29, 0.717) is 25.6 Å². The van der Waals surface area contributed by atoms with Gasteiger partial charge in [0.05, 0.1) is 0 Å². The standard InChI is InChI=1S/C21H32N4O2/c1-17-4-7-19(8-5-17)25-15-14-24(16-21(25)27)20(26)9-6-18(2)23-12-10-22(3)11-13-23/h4-5,7-8,18H,6,9-16H2,1-3H3. The molecule has 1 aromatic rings. The SMILES string of the molecule is Cc1ccc(N2CCN(C(=O)CCC(C)N3CCN(C)CC3)CC2=O)cc1. The minimum Gasteiger partial charge on any atom is -0.332 e. The lowest BCUT2D eigenvalue weighted by Gasteiger charge is -2.37. The van der Waals surface area contributed by atoms with Gasteiger partial charge in [0, 0.05) is 57.4 Å². The van der Waals surface area contributed by atoms with Crippen molar-refractivity contribution in [2.45, 2.75) is 32.7 Å². The highest BCUT2D eigenvalue weighted by molar-refractivity contribution is 5.97. The number of nitrogens with zero attached hydrogens (tertiary/aromatic N) is 4. The van der Waals surface area contributed by atoms with E-state index in [-0.39, 0.29) is 18.4 Å². The fraction of sp³-hybridized carbons (Fsp3) is 0.619. The highest BCUT2D eigenvalue weighted by Crippen LogP contribution is 2.19. The second-order valence-electron chi connectivity index (χ2n) is 7.92. The highest BCUT2D eigenvalue weighted by atomic mass is 16.2. The lowest BCUT2D eigenvalue weighted by Crippen LogP contribution is -2.52. The molecule has 6 heteroatoms. The maximum atomic E-state index is 12.6. The third-order valence-corrected chi connectivity index (χ3v) is 5.86. The molecule has 0 spiro atoms. The van der Waals surface area contributed by atoms with Gasteiger partial charge in [-0.2, -0.15) is 0 Å². The van der Waals surface area contributed by atoms with E-state index >= 15 is 0 Å². The first-order valence-electron chi connectivity index (χ1n) is 10.0. The van der Waals surface area contributed by atoms with Gasteiger partial charge in [-0.1, -0.05) is 17.7 Å². The number of carbonyl (C=O) groups excluding carboxylic acids is 2. The average Bonchev–Trinajstić information content (AvgIpc) is 2.67. The molecule has 2 aliphatic rings. The summed E-state index contributed by atoms with van der Waals surface area (Å²) < 4.78 is 0. The topological polar surface area (TPSA) is 47.1 Å². The van der Waals surface area contributed by atoms with Gasteiger partial charge in [-0.25, -0.2) is 0 Å². The van der Waals surface area contributed by atoms with Gasteiger partial charge in [0.25, 0.3) is 0 Å². The van der Waals surface area contributed by atoms with Crippen molar-refractivity contribution in [3.05, 3.63) is 29.8 Å². The van der Waals surface area contributed by atoms with Crippen molar-refractivity contribution in [2.75, 3.05) is 57.8 Å². The van der Waals surface area contributed by atoms with Gasteiger partial charge >= 0.3 is 0 Å². The second-order valence-corrected chi connectivity index (χ2v) is 7.92. The number of rotatable bonds is 5. The van der Waals surface area contributed by atoms with Crippen molar-refractivity contribution >= 4 is 17.5 Å². The van der Waals surface area contributed by atoms with E-state index in [2.05, 4.69) is 23.8 Å². The first kappa shape index (κ1) is 19.8.